The zero-order valence-corrected chi connectivity index (χ0v) is 17.1. The summed E-state index contributed by atoms with van der Waals surface area (Å²) in [6, 6.07) is 0. The van der Waals surface area contributed by atoms with Gasteiger partial charge in [0.2, 0.25) is 0 Å². The summed E-state index contributed by atoms with van der Waals surface area (Å²) in [7, 11) is 0. The van der Waals surface area contributed by atoms with Crippen molar-refractivity contribution < 1.29 is 83.4 Å². The fourth-order valence-electron chi connectivity index (χ4n) is 1.99. The highest BCUT2D eigenvalue weighted by Gasteiger charge is 2.61. The van der Waals surface area contributed by atoms with Crippen LogP contribution >= 0.6 is 0 Å². The number of hydrogen-bond acceptors (Lipinski definition) is 0. The Labute approximate surface area is 190 Å². The first kappa shape index (κ1) is 38.7. The summed E-state index contributed by atoms with van der Waals surface area (Å²) in [5.74, 6) is -11.8. The summed E-state index contributed by atoms with van der Waals surface area (Å²) in [5, 5.41) is 0. The SMILES string of the molecule is C.CC(=C(CC(F)(F)C(F)(F)F)CC(F)(F)C(F)(F)F)C(F)(F)F.CC(C)=C(C(F)(F)F)C(F)(F)F. The van der Waals surface area contributed by atoms with E-state index in [0.717, 1.165) is 13.8 Å². The van der Waals surface area contributed by atoms with Crippen molar-refractivity contribution in [3.05, 3.63) is 22.3 Å². The Hall–Kier alpha value is -1.85. The van der Waals surface area contributed by atoms with Crippen LogP contribution < -0.4 is 0 Å². The van der Waals surface area contributed by atoms with Crippen molar-refractivity contribution in [3.63, 3.8) is 0 Å². The average Bonchev–Trinajstić information content (AvgIpc) is 2.46. The molecule has 0 aliphatic rings. The van der Waals surface area contributed by atoms with Crippen LogP contribution in [0.15, 0.2) is 22.3 Å². The first-order chi connectivity index (χ1) is 14.8. The number of allylic oxidation sites excluding steroid dienone is 4. The predicted molar refractivity (Wildman–Crippen MR) is 87.2 cm³/mol. The smallest absolute Gasteiger partial charge is 0.196 e. The summed E-state index contributed by atoms with van der Waals surface area (Å²) >= 11 is 0. The zero-order valence-electron chi connectivity index (χ0n) is 17.1. The van der Waals surface area contributed by atoms with Gasteiger partial charge in [-0.15, -0.1) is 0 Å². The van der Waals surface area contributed by atoms with Gasteiger partial charge < -0.3 is 0 Å². The van der Waals surface area contributed by atoms with Crippen molar-refractivity contribution in [2.24, 2.45) is 0 Å². The lowest BCUT2D eigenvalue weighted by molar-refractivity contribution is -0.289. The number of hydrogen-bond donors (Lipinski definition) is 0. The molecular formula is C17H17F19. The molecule has 0 amide bonds. The molecule has 0 N–H and O–H groups in total. The van der Waals surface area contributed by atoms with Gasteiger partial charge >= 0.3 is 42.7 Å². The monoisotopic (exact) mass is 582 g/mol. The van der Waals surface area contributed by atoms with Crippen molar-refractivity contribution in [2.45, 2.75) is 83.8 Å². The Balaban J connectivity index is -0.000000710. The molecule has 218 valence electrons. The minimum absolute atomic E-state index is 0. The molecule has 0 nitrogen and oxygen atoms in total. The number of alkyl halides is 19. The van der Waals surface area contributed by atoms with Gasteiger partial charge in [-0.2, -0.15) is 83.4 Å². The Kier molecular flexibility index (Phi) is 12.6. The number of halogens is 19. The van der Waals surface area contributed by atoms with E-state index in [-0.39, 0.29) is 14.4 Å². The average molecular weight is 582 g/mol. The van der Waals surface area contributed by atoms with E-state index in [1.165, 1.54) is 0 Å². The molecule has 0 aromatic heterocycles. The first-order valence-corrected chi connectivity index (χ1v) is 8.25. The highest BCUT2D eigenvalue weighted by molar-refractivity contribution is 5.21. The molecule has 0 aliphatic heterocycles. The molecule has 19 heteroatoms. The minimum atomic E-state index is -6.42. The Morgan fingerprint density at radius 3 is 0.806 bits per heavy atom. The normalized spacial score (nSPS) is 13.8. The lowest BCUT2D eigenvalue weighted by Crippen LogP contribution is -2.40. The van der Waals surface area contributed by atoms with Gasteiger partial charge in [-0.25, -0.2) is 0 Å². The molecule has 0 spiro atoms. The fourth-order valence-corrected chi connectivity index (χ4v) is 1.99. The van der Waals surface area contributed by atoms with Crippen LogP contribution in [0.2, 0.25) is 0 Å². The van der Waals surface area contributed by atoms with Crippen molar-refractivity contribution in [1.82, 2.24) is 0 Å². The van der Waals surface area contributed by atoms with Crippen LogP contribution in [0.4, 0.5) is 83.4 Å². The maximum absolute atomic E-state index is 12.7. The maximum atomic E-state index is 12.7. The molecule has 0 atom stereocenters. The molecule has 0 radical (unpaired) electrons. The molecule has 0 unspecified atom stereocenters. The summed E-state index contributed by atoms with van der Waals surface area (Å²) < 4.78 is 230. The van der Waals surface area contributed by atoms with E-state index < -0.39 is 77.9 Å². The van der Waals surface area contributed by atoms with Crippen molar-refractivity contribution in [2.75, 3.05) is 0 Å². The number of rotatable bonds is 4. The maximum Gasteiger partial charge on any atom is 0.453 e. The van der Waals surface area contributed by atoms with E-state index in [4.69, 9.17) is 0 Å². The van der Waals surface area contributed by atoms with Gasteiger partial charge in [0.1, 0.15) is 5.57 Å². The Morgan fingerprint density at radius 1 is 0.444 bits per heavy atom. The van der Waals surface area contributed by atoms with Gasteiger partial charge in [0.05, 0.1) is 0 Å². The second-order valence-electron chi connectivity index (χ2n) is 6.85. The van der Waals surface area contributed by atoms with E-state index in [1.807, 2.05) is 0 Å². The molecule has 0 rings (SSSR count). The van der Waals surface area contributed by atoms with E-state index in [1.54, 1.807) is 0 Å². The summed E-state index contributed by atoms with van der Waals surface area (Å²) in [4.78, 5) is 0. The molecule has 0 heterocycles. The quantitative estimate of drug-likeness (QED) is 0.229. The van der Waals surface area contributed by atoms with Crippen molar-refractivity contribution >= 4 is 0 Å². The van der Waals surface area contributed by atoms with E-state index >= 15 is 0 Å². The summed E-state index contributed by atoms with van der Waals surface area (Å²) in [6.45, 7) is 1.39. The van der Waals surface area contributed by atoms with Gasteiger partial charge in [0.25, 0.3) is 0 Å². The second-order valence-corrected chi connectivity index (χ2v) is 6.85. The van der Waals surface area contributed by atoms with E-state index in [2.05, 4.69) is 0 Å². The fraction of sp³-hybridized carbons (Fsp3) is 0.765. The van der Waals surface area contributed by atoms with Crippen LogP contribution in [0.5, 0.6) is 0 Å². The van der Waals surface area contributed by atoms with Crippen molar-refractivity contribution in [3.8, 4) is 0 Å². The zero-order chi connectivity index (χ0) is 29.2. The molecule has 0 fully saturated rings. The highest BCUT2D eigenvalue weighted by atomic mass is 19.4. The molecule has 0 aromatic rings. The Bertz CT molecular complexity index is 712. The molecule has 0 bridgehead atoms. The highest BCUT2D eigenvalue weighted by Crippen LogP contribution is 2.47. The van der Waals surface area contributed by atoms with Crippen LogP contribution in [-0.4, -0.2) is 42.7 Å². The topological polar surface area (TPSA) is 0 Å². The Morgan fingerprint density at radius 2 is 0.694 bits per heavy atom. The van der Waals surface area contributed by atoms with Gasteiger partial charge in [0.15, 0.2) is 0 Å². The largest absolute Gasteiger partial charge is 0.453 e. The minimum Gasteiger partial charge on any atom is -0.196 e. The lowest BCUT2D eigenvalue weighted by Gasteiger charge is -2.26. The van der Waals surface area contributed by atoms with Crippen molar-refractivity contribution in [1.29, 1.82) is 0 Å². The predicted octanol–water partition coefficient (Wildman–Crippen LogP) is 10.1. The van der Waals surface area contributed by atoms with Crippen LogP contribution in [0.25, 0.3) is 0 Å². The van der Waals surface area contributed by atoms with E-state index in [9.17, 15) is 83.4 Å². The van der Waals surface area contributed by atoms with Gasteiger partial charge in [-0.05, 0) is 26.3 Å². The van der Waals surface area contributed by atoms with E-state index in [0.29, 0.717) is 0 Å². The summed E-state index contributed by atoms with van der Waals surface area (Å²) in [6.07, 6.45) is -35.1. The van der Waals surface area contributed by atoms with Gasteiger partial charge in [-0.1, -0.05) is 13.0 Å². The van der Waals surface area contributed by atoms with Crippen LogP contribution in [0.1, 0.15) is 41.0 Å². The molecule has 0 aliphatic carbocycles. The second kappa shape index (κ2) is 11.7. The third kappa shape index (κ3) is 11.5. The molecule has 0 aromatic carbocycles. The molecular weight excluding hydrogens is 565 g/mol. The summed E-state index contributed by atoms with van der Waals surface area (Å²) in [5.41, 5.74) is -7.96. The van der Waals surface area contributed by atoms with Gasteiger partial charge in [0, 0.05) is 18.4 Å². The molecule has 0 saturated carbocycles. The third-order valence-electron chi connectivity index (χ3n) is 3.72. The molecule has 0 saturated heterocycles. The first-order valence-electron chi connectivity index (χ1n) is 8.25. The third-order valence-corrected chi connectivity index (χ3v) is 3.72. The van der Waals surface area contributed by atoms with Crippen LogP contribution in [0, 0.1) is 0 Å². The van der Waals surface area contributed by atoms with Gasteiger partial charge in [-0.3, -0.25) is 0 Å². The standard InChI is InChI=1S/C10H7F13.C6H6F6.CH4/c1-4(8(15,16)17)5(2-6(11,12)9(18,19)20)3-7(13,14)10(21,22)23;1-3(2)4(5(7,8)9)6(10,11)12;/h2-3H2,1H3;1-2H3;1H4. The molecule has 36 heavy (non-hydrogen) atoms. The van der Waals surface area contributed by atoms with Crippen LogP contribution in [0.3, 0.4) is 0 Å². The van der Waals surface area contributed by atoms with Crippen LogP contribution in [-0.2, 0) is 0 Å². The lowest BCUT2D eigenvalue weighted by atomic mass is 9.95.